The Hall–Kier alpha value is -2.08. The second kappa shape index (κ2) is 16.0. The summed E-state index contributed by atoms with van der Waals surface area (Å²) in [5.41, 5.74) is 1.39. The molecule has 2 fully saturated rings. The van der Waals surface area contributed by atoms with Gasteiger partial charge in [0.05, 0.1) is 6.04 Å². The highest BCUT2D eigenvalue weighted by molar-refractivity contribution is 6.30. The number of hydrogen-bond acceptors (Lipinski definition) is 4. The number of nitrogens with zero attached hydrogens (tertiary/aromatic N) is 1. The molecule has 2 aliphatic rings. The fraction of sp³-hybridized carbons (Fsp3) is 0.533. The summed E-state index contributed by atoms with van der Waals surface area (Å²) in [6.45, 7) is 9.47. The monoisotopic (exact) mass is 551 g/mol. The maximum absolute atomic E-state index is 12.5. The first kappa shape index (κ1) is 31.1. The molecule has 0 radical (unpaired) electrons. The number of nitrogens with one attached hydrogen (secondary N) is 1. The Morgan fingerprint density at radius 2 is 1.59 bits per heavy atom. The van der Waals surface area contributed by atoms with E-state index in [-0.39, 0.29) is 13.2 Å². The summed E-state index contributed by atoms with van der Waals surface area (Å²) in [6, 6.07) is 15.1. The van der Waals surface area contributed by atoms with Gasteiger partial charge >= 0.3 is 6.09 Å². The number of benzene rings is 2. The van der Waals surface area contributed by atoms with Gasteiger partial charge in [-0.1, -0.05) is 56.6 Å². The summed E-state index contributed by atoms with van der Waals surface area (Å²) >= 11 is 11.6. The van der Waals surface area contributed by atoms with Gasteiger partial charge in [0, 0.05) is 29.6 Å². The molecule has 0 aliphatic carbocycles. The highest BCUT2D eigenvalue weighted by atomic mass is 35.5. The molecule has 2 aliphatic heterocycles. The van der Waals surface area contributed by atoms with Crippen LogP contribution in [-0.4, -0.2) is 47.6 Å². The maximum atomic E-state index is 12.5. The van der Waals surface area contributed by atoms with Gasteiger partial charge in [0.15, 0.2) is 5.78 Å². The number of carbonyl (C=O) groups excluding carboxylic acids is 2. The first-order valence-electron chi connectivity index (χ1n) is 13.3. The summed E-state index contributed by atoms with van der Waals surface area (Å²) < 4.78 is 11.6. The number of rotatable bonds is 4. The predicted octanol–water partition coefficient (Wildman–Crippen LogP) is 8.22. The minimum atomic E-state index is -0.562. The van der Waals surface area contributed by atoms with Gasteiger partial charge in [0.25, 0.3) is 0 Å². The van der Waals surface area contributed by atoms with Crippen LogP contribution in [0, 0.1) is 0 Å². The molecule has 7 heteroatoms. The molecular formula is C30H44Cl2N2O3. The van der Waals surface area contributed by atoms with Crippen LogP contribution in [0.4, 0.5) is 4.79 Å². The lowest BCUT2D eigenvalue weighted by Gasteiger charge is -2.28. The van der Waals surface area contributed by atoms with Crippen molar-refractivity contribution in [3.05, 3.63) is 69.7 Å². The van der Waals surface area contributed by atoms with Crippen molar-refractivity contribution >= 4 is 35.1 Å². The standard InChI is InChI=1S/C16H20ClNO3.C11H14ClN.C2H6.CH4/c1-16(2,3)21-15(20)18-10-4-5-13(18)14(19)11-6-8-12(17)9-7-11;12-10-5-3-9(4-6-10)8-11-2-1-7-13-11;1-2;/h6-9,13H,4-5,10H2,1-3H3;3-6,11,13H,1-2,7-8H2;1-2H3;1H4/t13-;11-;;/m11../s1/i;;1D;. The summed E-state index contributed by atoms with van der Waals surface area (Å²) in [6.07, 6.45) is 4.81. The van der Waals surface area contributed by atoms with Gasteiger partial charge in [0.1, 0.15) is 5.60 Å². The second-order valence-electron chi connectivity index (χ2n) is 9.83. The number of halogens is 2. The molecule has 1 N–H and O–H groups in total. The van der Waals surface area contributed by atoms with Crippen LogP contribution in [0.15, 0.2) is 48.5 Å². The van der Waals surface area contributed by atoms with E-state index in [0.717, 1.165) is 17.9 Å². The largest absolute Gasteiger partial charge is 0.444 e. The SMILES string of the molecule is C.CC(C)(C)OC(=O)N1CCC[C@@H]1C(=O)c1ccc(Cl)cc1.Clc1ccc(C[C@H]2CCCN2)cc1.[2H]CC. The number of amides is 1. The molecule has 206 valence electrons. The highest BCUT2D eigenvalue weighted by Crippen LogP contribution is 2.24. The molecule has 5 nitrogen and oxygen atoms in total. The molecule has 0 spiro atoms. The third-order valence-corrected chi connectivity index (χ3v) is 6.37. The summed E-state index contributed by atoms with van der Waals surface area (Å²) in [5, 5.41) is 4.89. The van der Waals surface area contributed by atoms with E-state index in [9.17, 15) is 9.59 Å². The van der Waals surface area contributed by atoms with Crippen molar-refractivity contribution in [1.82, 2.24) is 10.2 Å². The van der Waals surface area contributed by atoms with Crippen molar-refractivity contribution in [2.45, 2.75) is 91.8 Å². The van der Waals surface area contributed by atoms with Crippen molar-refractivity contribution in [2.24, 2.45) is 0 Å². The number of likely N-dealkylation sites (tertiary alicyclic amines) is 1. The van der Waals surface area contributed by atoms with Gasteiger partial charge in [-0.05, 0) is 101 Å². The third-order valence-electron chi connectivity index (χ3n) is 5.87. The molecular weight excluding hydrogens is 507 g/mol. The number of ketones is 1. The first-order chi connectivity index (χ1) is 17.5. The van der Waals surface area contributed by atoms with Gasteiger partial charge in [-0.2, -0.15) is 0 Å². The van der Waals surface area contributed by atoms with Crippen LogP contribution in [-0.2, 0) is 11.2 Å². The number of hydrogen-bond donors (Lipinski definition) is 1. The first-order valence-corrected chi connectivity index (χ1v) is 13.4. The van der Waals surface area contributed by atoms with E-state index in [4.69, 9.17) is 29.3 Å². The Morgan fingerprint density at radius 3 is 2.11 bits per heavy atom. The smallest absolute Gasteiger partial charge is 0.410 e. The summed E-state index contributed by atoms with van der Waals surface area (Å²) in [7, 11) is 0. The number of carbonyl (C=O) groups is 2. The van der Waals surface area contributed by atoms with Gasteiger partial charge < -0.3 is 10.1 Å². The van der Waals surface area contributed by atoms with Gasteiger partial charge in [-0.15, -0.1) is 0 Å². The van der Waals surface area contributed by atoms with Crippen LogP contribution >= 0.6 is 23.2 Å². The average molecular weight is 553 g/mol. The molecule has 0 aromatic heterocycles. The average Bonchev–Trinajstić information content (AvgIpc) is 3.53. The van der Waals surface area contributed by atoms with Crippen LogP contribution in [0.1, 0.15) is 85.0 Å². The van der Waals surface area contributed by atoms with Crippen molar-refractivity contribution in [2.75, 3.05) is 13.1 Å². The Bertz CT molecular complexity index is 972. The molecule has 2 aromatic carbocycles. The van der Waals surface area contributed by atoms with E-state index in [0.29, 0.717) is 36.5 Å². The van der Waals surface area contributed by atoms with Crippen LogP contribution in [0.2, 0.25) is 10.0 Å². The molecule has 37 heavy (non-hydrogen) atoms. The van der Waals surface area contributed by atoms with Crippen LogP contribution < -0.4 is 5.32 Å². The Balaban J connectivity index is 0.000000363. The quantitative estimate of drug-likeness (QED) is 0.388. The molecule has 2 atom stereocenters. The predicted molar refractivity (Wildman–Crippen MR) is 156 cm³/mol. The second-order valence-corrected chi connectivity index (χ2v) is 10.7. The van der Waals surface area contributed by atoms with Crippen LogP contribution in [0.3, 0.4) is 0 Å². The van der Waals surface area contributed by atoms with Crippen molar-refractivity contribution in [1.29, 1.82) is 0 Å². The Kier molecular flexibility index (Phi) is 13.5. The van der Waals surface area contributed by atoms with E-state index in [1.807, 2.05) is 32.9 Å². The fourth-order valence-electron chi connectivity index (χ4n) is 4.22. The van der Waals surface area contributed by atoms with Crippen molar-refractivity contribution < 1.29 is 15.7 Å². The fourth-order valence-corrected chi connectivity index (χ4v) is 4.47. The molecule has 4 rings (SSSR count). The van der Waals surface area contributed by atoms with Crippen molar-refractivity contribution in [3.8, 4) is 0 Å². The zero-order valence-corrected chi connectivity index (χ0v) is 23.4. The van der Waals surface area contributed by atoms with E-state index in [1.165, 1.54) is 29.8 Å². The molecule has 2 aromatic rings. The van der Waals surface area contributed by atoms with Gasteiger partial charge in [0.2, 0.25) is 0 Å². The maximum Gasteiger partial charge on any atom is 0.410 e. The summed E-state index contributed by atoms with van der Waals surface area (Å²) in [5.74, 6) is -0.0602. The van der Waals surface area contributed by atoms with E-state index < -0.39 is 17.7 Å². The third kappa shape index (κ3) is 11.1. The lowest BCUT2D eigenvalue weighted by Crippen LogP contribution is -2.43. The molecule has 0 saturated carbocycles. The normalized spacial score (nSPS) is 18.9. The van der Waals surface area contributed by atoms with E-state index in [1.54, 1.807) is 31.2 Å². The van der Waals surface area contributed by atoms with Gasteiger partial charge in [-0.25, -0.2) is 4.79 Å². The molecule has 1 amide bonds. The lowest BCUT2D eigenvalue weighted by atomic mass is 10.0. The zero-order chi connectivity index (χ0) is 27.4. The van der Waals surface area contributed by atoms with Crippen LogP contribution in [0.5, 0.6) is 0 Å². The van der Waals surface area contributed by atoms with E-state index >= 15 is 0 Å². The minimum Gasteiger partial charge on any atom is -0.444 e. The molecule has 0 unspecified atom stereocenters. The Morgan fingerprint density at radius 1 is 1.03 bits per heavy atom. The number of Topliss-reactive ketones (excluding diaryl/α,β-unsaturated/α-hetero) is 1. The lowest BCUT2D eigenvalue weighted by molar-refractivity contribution is 0.0222. The number of ether oxygens (including phenoxy) is 1. The molecule has 2 heterocycles. The summed E-state index contributed by atoms with van der Waals surface area (Å²) in [4.78, 5) is 26.3. The topological polar surface area (TPSA) is 58.6 Å². The Labute approximate surface area is 235 Å². The van der Waals surface area contributed by atoms with Crippen molar-refractivity contribution in [3.63, 3.8) is 0 Å². The van der Waals surface area contributed by atoms with E-state index in [2.05, 4.69) is 17.4 Å². The zero-order valence-electron chi connectivity index (χ0n) is 22.9. The van der Waals surface area contributed by atoms with Gasteiger partial charge in [-0.3, -0.25) is 9.69 Å². The van der Waals surface area contributed by atoms with Crippen LogP contribution in [0.25, 0.3) is 0 Å². The molecule has 2 saturated heterocycles. The molecule has 0 bridgehead atoms. The highest BCUT2D eigenvalue weighted by Gasteiger charge is 2.36. The minimum absolute atomic E-state index is 0.